The van der Waals surface area contributed by atoms with Crippen molar-refractivity contribution in [2.24, 2.45) is 0 Å². The van der Waals surface area contributed by atoms with Crippen LogP contribution in [-0.2, 0) is 15.7 Å². The van der Waals surface area contributed by atoms with Crippen molar-refractivity contribution in [1.29, 1.82) is 0 Å². The van der Waals surface area contributed by atoms with Gasteiger partial charge in [0.05, 0.1) is 17.7 Å². The Morgan fingerprint density at radius 2 is 2.11 bits per heavy atom. The van der Waals surface area contributed by atoms with Gasteiger partial charge in [-0.15, -0.1) is 0 Å². The third-order valence-corrected chi connectivity index (χ3v) is 2.09. The summed E-state index contributed by atoms with van der Waals surface area (Å²) in [6.45, 7) is 1.87. The summed E-state index contributed by atoms with van der Waals surface area (Å²) in [5.74, 6) is 3.73. The van der Waals surface area contributed by atoms with Crippen LogP contribution in [0.3, 0.4) is 0 Å². The summed E-state index contributed by atoms with van der Waals surface area (Å²) >= 11 is 0. The third-order valence-electron chi connectivity index (χ3n) is 2.09. The summed E-state index contributed by atoms with van der Waals surface area (Å²) in [5, 5.41) is 9.40. The molecule has 0 bridgehead atoms. The van der Waals surface area contributed by atoms with Gasteiger partial charge >= 0.3 is 12.1 Å². The second kappa shape index (κ2) is 6.14. The second-order valence-corrected chi connectivity index (χ2v) is 3.51. The van der Waals surface area contributed by atoms with E-state index >= 15 is 0 Å². The molecule has 0 saturated heterocycles. The van der Waals surface area contributed by atoms with E-state index in [4.69, 9.17) is 0 Å². The third kappa shape index (κ3) is 4.54. The number of benzene rings is 1. The van der Waals surface area contributed by atoms with E-state index < -0.39 is 23.5 Å². The number of rotatable bonds is 2. The number of esters is 1. The van der Waals surface area contributed by atoms with Crippen LogP contribution in [0, 0.1) is 11.8 Å². The molecule has 1 rings (SSSR count). The van der Waals surface area contributed by atoms with Crippen LogP contribution in [0.2, 0.25) is 0 Å². The highest BCUT2D eigenvalue weighted by Crippen LogP contribution is 2.32. The molecule has 0 unspecified atom stereocenters. The SMILES string of the molecule is CCOC(=O)CC#Cc1ccc(C(F)(F)F)cc1O. The molecule has 0 aliphatic carbocycles. The van der Waals surface area contributed by atoms with E-state index in [0.29, 0.717) is 6.07 Å². The number of alkyl halides is 3. The number of carbonyl (C=O) groups is 1. The zero-order valence-electron chi connectivity index (χ0n) is 10.0. The van der Waals surface area contributed by atoms with E-state index in [2.05, 4.69) is 16.6 Å². The van der Waals surface area contributed by atoms with Crippen molar-refractivity contribution in [3.63, 3.8) is 0 Å². The van der Waals surface area contributed by atoms with Crippen molar-refractivity contribution in [1.82, 2.24) is 0 Å². The van der Waals surface area contributed by atoms with Gasteiger partial charge in [-0.2, -0.15) is 13.2 Å². The lowest BCUT2D eigenvalue weighted by Gasteiger charge is -2.07. The van der Waals surface area contributed by atoms with Crippen LogP contribution in [0.25, 0.3) is 0 Å². The minimum atomic E-state index is -4.52. The molecule has 1 aromatic carbocycles. The maximum Gasteiger partial charge on any atom is 0.416 e. The van der Waals surface area contributed by atoms with Crippen molar-refractivity contribution in [3.8, 4) is 17.6 Å². The van der Waals surface area contributed by atoms with Crippen LogP contribution in [0.5, 0.6) is 5.75 Å². The van der Waals surface area contributed by atoms with Gasteiger partial charge in [0, 0.05) is 0 Å². The highest BCUT2D eigenvalue weighted by Gasteiger charge is 2.30. The summed E-state index contributed by atoms with van der Waals surface area (Å²) in [6, 6.07) is 2.46. The van der Waals surface area contributed by atoms with Crippen LogP contribution in [0.4, 0.5) is 13.2 Å². The van der Waals surface area contributed by atoms with Crippen LogP contribution >= 0.6 is 0 Å². The molecule has 3 nitrogen and oxygen atoms in total. The van der Waals surface area contributed by atoms with Crippen LogP contribution in [0.1, 0.15) is 24.5 Å². The monoisotopic (exact) mass is 272 g/mol. The molecule has 0 aliphatic heterocycles. The van der Waals surface area contributed by atoms with Crippen molar-refractivity contribution in [2.45, 2.75) is 19.5 Å². The lowest BCUT2D eigenvalue weighted by Crippen LogP contribution is -2.04. The Labute approximate surface area is 108 Å². The van der Waals surface area contributed by atoms with Gasteiger partial charge in [-0.1, -0.05) is 11.8 Å². The molecular formula is C13H11F3O3. The molecule has 0 aromatic heterocycles. The molecule has 6 heteroatoms. The van der Waals surface area contributed by atoms with E-state index in [1.807, 2.05) is 0 Å². The van der Waals surface area contributed by atoms with Gasteiger partial charge in [0.1, 0.15) is 12.2 Å². The largest absolute Gasteiger partial charge is 0.507 e. The summed E-state index contributed by atoms with van der Waals surface area (Å²) < 4.78 is 41.6. The fourth-order valence-electron chi connectivity index (χ4n) is 1.24. The number of phenols is 1. The summed E-state index contributed by atoms with van der Waals surface area (Å²) in [5.41, 5.74) is -0.932. The van der Waals surface area contributed by atoms with E-state index in [-0.39, 0.29) is 18.6 Å². The maximum atomic E-state index is 12.3. The standard InChI is InChI=1S/C13H11F3O3/c1-2-19-12(18)5-3-4-9-6-7-10(8-11(9)17)13(14,15)16/h6-8,17H,2,5H2,1H3. The van der Waals surface area contributed by atoms with E-state index in [0.717, 1.165) is 12.1 Å². The smallest absolute Gasteiger partial charge is 0.416 e. The first-order valence-corrected chi connectivity index (χ1v) is 5.39. The topological polar surface area (TPSA) is 46.5 Å². The van der Waals surface area contributed by atoms with E-state index in [1.54, 1.807) is 6.92 Å². The molecule has 1 N–H and O–H groups in total. The van der Waals surface area contributed by atoms with Crippen molar-refractivity contribution in [3.05, 3.63) is 29.3 Å². The number of hydrogen-bond acceptors (Lipinski definition) is 3. The number of ether oxygens (including phenoxy) is 1. The Bertz CT molecular complexity index is 524. The molecule has 0 spiro atoms. The minimum Gasteiger partial charge on any atom is -0.507 e. The lowest BCUT2D eigenvalue weighted by molar-refractivity contribution is -0.142. The molecule has 19 heavy (non-hydrogen) atoms. The van der Waals surface area contributed by atoms with Crippen LogP contribution in [0.15, 0.2) is 18.2 Å². The Kier molecular flexibility index (Phi) is 4.81. The summed E-state index contributed by atoms with van der Waals surface area (Å²) in [7, 11) is 0. The first-order valence-electron chi connectivity index (χ1n) is 5.39. The molecule has 0 aliphatic rings. The highest BCUT2D eigenvalue weighted by molar-refractivity contribution is 5.72. The first-order chi connectivity index (χ1) is 8.84. The Balaban J connectivity index is 2.82. The second-order valence-electron chi connectivity index (χ2n) is 3.51. The van der Waals surface area contributed by atoms with E-state index in [9.17, 15) is 23.1 Å². The van der Waals surface area contributed by atoms with Crippen molar-refractivity contribution < 1.29 is 27.8 Å². The predicted molar refractivity (Wildman–Crippen MR) is 61.2 cm³/mol. The highest BCUT2D eigenvalue weighted by atomic mass is 19.4. The molecule has 0 radical (unpaired) electrons. The van der Waals surface area contributed by atoms with Gasteiger partial charge in [0.25, 0.3) is 0 Å². The van der Waals surface area contributed by atoms with Crippen molar-refractivity contribution in [2.75, 3.05) is 6.61 Å². The summed E-state index contributed by atoms with van der Waals surface area (Å²) in [6.07, 6.45) is -4.71. The van der Waals surface area contributed by atoms with Gasteiger partial charge in [-0.25, -0.2) is 0 Å². The first kappa shape index (κ1) is 14.9. The minimum absolute atomic E-state index is 0.0253. The fraction of sp³-hybridized carbons (Fsp3) is 0.308. The summed E-state index contributed by atoms with van der Waals surface area (Å²) in [4.78, 5) is 11.0. The molecule has 0 heterocycles. The predicted octanol–water partition coefficient (Wildman–Crippen LogP) is 2.72. The van der Waals surface area contributed by atoms with Gasteiger partial charge in [-0.05, 0) is 25.1 Å². The Morgan fingerprint density at radius 1 is 1.42 bits per heavy atom. The molecule has 0 saturated carbocycles. The maximum absolute atomic E-state index is 12.3. The van der Waals surface area contributed by atoms with Crippen LogP contribution < -0.4 is 0 Å². The van der Waals surface area contributed by atoms with Gasteiger partial charge in [0.2, 0.25) is 0 Å². The van der Waals surface area contributed by atoms with Crippen molar-refractivity contribution >= 4 is 5.97 Å². The molecule has 1 aromatic rings. The molecule has 0 atom stereocenters. The number of carbonyl (C=O) groups excluding carboxylic acids is 1. The zero-order valence-corrected chi connectivity index (χ0v) is 10.0. The molecule has 0 amide bonds. The average Bonchev–Trinajstić information content (AvgIpc) is 2.30. The fourth-order valence-corrected chi connectivity index (χ4v) is 1.24. The Hall–Kier alpha value is -2.16. The molecular weight excluding hydrogens is 261 g/mol. The van der Waals surface area contributed by atoms with Crippen LogP contribution in [-0.4, -0.2) is 17.7 Å². The molecule has 102 valence electrons. The normalized spacial score (nSPS) is 10.5. The van der Waals surface area contributed by atoms with Gasteiger partial charge in [-0.3, -0.25) is 4.79 Å². The lowest BCUT2D eigenvalue weighted by atomic mass is 10.1. The number of hydrogen-bond donors (Lipinski definition) is 1. The number of aromatic hydroxyl groups is 1. The number of phenolic OH excluding ortho intramolecular Hbond substituents is 1. The van der Waals surface area contributed by atoms with Gasteiger partial charge < -0.3 is 9.84 Å². The average molecular weight is 272 g/mol. The molecule has 0 fully saturated rings. The van der Waals surface area contributed by atoms with E-state index in [1.165, 1.54) is 0 Å². The quantitative estimate of drug-likeness (QED) is 0.665. The zero-order chi connectivity index (χ0) is 14.5. The number of halogens is 3. The Morgan fingerprint density at radius 3 is 2.63 bits per heavy atom. The van der Waals surface area contributed by atoms with Gasteiger partial charge in [0.15, 0.2) is 0 Å².